The molecule has 100 valence electrons. The summed E-state index contributed by atoms with van der Waals surface area (Å²) >= 11 is 6.04. The molecule has 0 aliphatic rings. The molecule has 0 atom stereocenters. The van der Waals surface area contributed by atoms with E-state index in [-0.39, 0.29) is 11.6 Å². The van der Waals surface area contributed by atoms with Gasteiger partial charge in [-0.15, -0.1) is 5.10 Å². The van der Waals surface area contributed by atoms with Gasteiger partial charge in [-0.1, -0.05) is 28.9 Å². The average molecular weight is 280 g/mol. The number of halogens is 1. The zero-order valence-electron chi connectivity index (χ0n) is 10.4. The zero-order chi connectivity index (χ0) is 13.8. The maximum atomic E-state index is 12.0. The van der Waals surface area contributed by atoms with Crippen molar-refractivity contribution < 1.29 is 4.79 Å². The van der Waals surface area contributed by atoms with E-state index in [1.54, 1.807) is 12.3 Å². The number of nitrogens with two attached hydrogens (primary N) is 1. The Kier molecular flexibility index (Phi) is 4.13. The lowest BCUT2D eigenvalue weighted by Gasteiger charge is -2.08. The Labute approximate surface area is 115 Å². The van der Waals surface area contributed by atoms with Gasteiger partial charge in [0.15, 0.2) is 5.69 Å². The van der Waals surface area contributed by atoms with Crippen LogP contribution in [0.3, 0.4) is 0 Å². The van der Waals surface area contributed by atoms with Crippen LogP contribution in [0.25, 0.3) is 0 Å². The molecule has 0 radical (unpaired) electrons. The third-order valence-corrected chi connectivity index (χ3v) is 2.90. The minimum atomic E-state index is -0.348. The highest BCUT2D eigenvalue weighted by atomic mass is 35.5. The second-order valence-corrected chi connectivity index (χ2v) is 4.45. The highest BCUT2D eigenvalue weighted by Gasteiger charge is 2.13. The van der Waals surface area contributed by atoms with E-state index in [9.17, 15) is 4.79 Å². The van der Waals surface area contributed by atoms with Gasteiger partial charge in [-0.05, 0) is 18.6 Å². The summed E-state index contributed by atoms with van der Waals surface area (Å²) < 4.78 is 1.52. The van der Waals surface area contributed by atoms with Gasteiger partial charge < -0.3 is 11.1 Å². The first-order chi connectivity index (χ1) is 9.11. The van der Waals surface area contributed by atoms with Gasteiger partial charge in [-0.3, -0.25) is 9.48 Å². The lowest BCUT2D eigenvalue weighted by atomic mass is 10.2. The number of anilines is 1. The molecule has 2 rings (SSSR count). The Morgan fingerprint density at radius 2 is 2.32 bits per heavy atom. The second kappa shape index (κ2) is 5.81. The van der Waals surface area contributed by atoms with Crippen molar-refractivity contribution in [3.05, 3.63) is 40.7 Å². The van der Waals surface area contributed by atoms with Gasteiger partial charge in [-0.2, -0.15) is 0 Å². The van der Waals surface area contributed by atoms with E-state index in [4.69, 9.17) is 17.3 Å². The van der Waals surface area contributed by atoms with E-state index in [2.05, 4.69) is 15.6 Å². The third kappa shape index (κ3) is 3.10. The molecule has 19 heavy (non-hydrogen) atoms. The monoisotopic (exact) mass is 279 g/mol. The molecule has 2 aromatic rings. The van der Waals surface area contributed by atoms with Crippen LogP contribution in [0.2, 0.25) is 5.02 Å². The SMILES string of the molecule is Cc1cccc(Cl)c1NC(=O)c1cn(CCN)nn1. The van der Waals surface area contributed by atoms with E-state index >= 15 is 0 Å². The number of nitrogens with one attached hydrogen (secondary N) is 1. The highest BCUT2D eigenvalue weighted by Crippen LogP contribution is 2.25. The van der Waals surface area contributed by atoms with Gasteiger partial charge in [-0.25, -0.2) is 0 Å². The standard InChI is InChI=1S/C12H14ClN5O/c1-8-3-2-4-9(13)11(8)15-12(19)10-7-18(6-5-14)17-16-10/h2-4,7H,5-6,14H2,1H3,(H,15,19). The Hall–Kier alpha value is -1.92. The lowest BCUT2D eigenvalue weighted by molar-refractivity contribution is 0.102. The predicted molar refractivity (Wildman–Crippen MR) is 73.2 cm³/mol. The number of nitrogens with zero attached hydrogens (tertiary/aromatic N) is 3. The summed E-state index contributed by atoms with van der Waals surface area (Å²) in [6.45, 7) is 2.83. The van der Waals surface area contributed by atoms with Crippen molar-refractivity contribution in [2.45, 2.75) is 13.5 Å². The number of para-hydroxylation sites is 1. The molecule has 0 saturated heterocycles. The number of carbonyl (C=O) groups excluding carboxylic acids is 1. The summed E-state index contributed by atoms with van der Waals surface area (Å²) in [5, 5.41) is 10.8. The van der Waals surface area contributed by atoms with Crippen molar-refractivity contribution in [1.29, 1.82) is 0 Å². The minimum Gasteiger partial charge on any atom is -0.329 e. The molecule has 7 heteroatoms. The quantitative estimate of drug-likeness (QED) is 0.887. The zero-order valence-corrected chi connectivity index (χ0v) is 11.2. The van der Waals surface area contributed by atoms with Crippen LogP contribution in [0, 0.1) is 6.92 Å². The van der Waals surface area contributed by atoms with Crippen LogP contribution in [-0.4, -0.2) is 27.4 Å². The summed E-state index contributed by atoms with van der Waals surface area (Å²) in [5.74, 6) is -0.348. The molecule has 1 aromatic heterocycles. The third-order valence-electron chi connectivity index (χ3n) is 2.59. The molecule has 0 bridgehead atoms. The number of aryl methyl sites for hydroxylation is 1. The second-order valence-electron chi connectivity index (χ2n) is 4.04. The lowest BCUT2D eigenvalue weighted by Crippen LogP contribution is -2.14. The first kappa shape index (κ1) is 13.5. The van der Waals surface area contributed by atoms with Crippen molar-refractivity contribution >= 4 is 23.2 Å². The van der Waals surface area contributed by atoms with Gasteiger partial charge in [0, 0.05) is 6.54 Å². The molecule has 0 saturated carbocycles. The Morgan fingerprint density at radius 1 is 1.53 bits per heavy atom. The summed E-state index contributed by atoms with van der Waals surface area (Å²) in [7, 11) is 0. The fraction of sp³-hybridized carbons (Fsp3) is 0.250. The highest BCUT2D eigenvalue weighted by molar-refractivity contribution is 6.34. The van der Waals surface area contributed by atoms with Crippen molar-refractivity contribution in [2.24, 2.45) is 5.73 Å². The van der Waals surface area contributed by atoms with Gasteiger partial charge in [0.25, 0.3) is 5.91 Å². The number of benzene rings is 1. The van der Waals surface area contributed by atoms with Crippen LogP contribution in [-0.2, 0) is 6.54 Å². The van der Waals surface area contributed by atoms with Crippen molar-refractivity contribution in [3.63, 3.8) is 0 Å². The van der Waals surface area contributed by atoms with Crippen molar-refractivity contribution in [2.75, 3.05) is 11.9 Å². The van der Waals surface area contributed by atoms with E-state index in [0.29, 0.717) is 23.8 Å². The average Bonchev–Trinajstić information content (AvgIpc) is 2.83. The molecule has 0 aliphatic heterocycles. The number of rotatable bonds is 4. The largest absolute Gasteiger partial charge is 0.329 e. The van der Waals surface area contributed by atoms with E-state index in [0.717, 1.165) is 5.56 Å². The Balaban J connectivity index is 2.16. The molecular weight excluding hydrogens is 266 g/mol. The van der Waals surface area contributed by atoms with E-state index in [1.165, 1.54) is 4.68 Å². The molecule has 1 aromatic carbocycles. The molecule has 0 spiro atoms. The number of aromatic nitrogens is 3. The van der Waals surface area contributed by atoms with Gasteiger partial charge in [0.05, 0.1) is 23.5 Å². The van der Waals surface area contributed by atoms with E-state index in [1.807, 2.05) is 19.1 Å². The van der Waals surface area contributed by atoms with Crippen LogP contribution in [0.1, 0.15) is 16.1 Å². The molecule has 0 unspecified atom stereocenters. The molecule has 0 fully saturated rings. The van der Waals surface area contributed by atoms with Crippen molar-refractivity contribution in [3.8, 4) is 0 Å². The molecule has 1 amide bonds. The number of hydrogen-bond donors (Lipinski definition) is 2. The molecular formula is C12H14ClN5O. The van der Waals surface area contributed by atoms with E-state index < -0.39 is 0 Å². The summed E-state index contributed by atoms with van der Waals surface area (Å²) in [5.41, 5.74) is 7.10. The Bertz CT molecular complexity index is 575. The predicted octanol–water partition coefficient (Wildman–Crippen LogP) is 1.45. The van der Waals surface area contributed by atoms with Crippen molar-refractivity contribution in [1.82, 2.24) is 15.0 Å². The van der Waals surface area contributed by atoms with Crippen LogP contribution in [0.4, 0.5) is 5.69 Å². The number of carbonyl (C=O) groups is 1. The maximum Gasteiger partial charge on any atom is 0.277 e. The molecule has 0 aliphatic carbocycles. The summed E-state index contributed by atoms with van der Waals surface area (Å²) in [4.78, 5) is 12.0. The maximum absolute atomic E-state index is 12.0. The Morgan fingerprint density at radius 3 is 3.00 bits per heavy atom. The molecule has 3 N–H and O–H groups in total. The summed E-state index contributed by atoms with van der Waals surface area (Å²) in [6, 6.07) is 5.41. The minimum absolute atomic E-state index is 0.229. The smallest absolute Gasteiger partial charge is 0.277 e. The van der Waals surface area contributed by atoms with Crippen LogP contribution >= 0.6 is 11.6 Å². The number of hydrogen-bond acceptors (Lipinski definition) is 4. The molecule has 6 nitrogen and oxygen atoms in total. The van der Waals surface area contributed by atoms with Gasteiger partial charge in [0.2, 0.25) is 0 Å². The number of amides is 1. The first-order valence-corrected chi connectivity index (χ1v) is 6.16. The fourth-order valence-electron chi connectivity index (χ4n) is 1.61. The molecule has 1 heterocycles. The van der Waals surface area contributed by atoms with Crippen LogP contribution < -0.4 is 11.1 Å². The first-order valence-electron chi connectivity index (χ1n) is 5.78. The van der Waals surface area contributed by atoms with Crippen LogP contribution in [0.5, 0.6) is 0 Å². The normalized spacial score (nSPS) is 10.5. The van der Waals surface area contributed by atoms with Gasteiger partial charge >= 0.3 is 0 Å². The fourth-order valence-corrected chi connectivity index (χ4v) is 1.88. The van der Waals surface area contributed by atoms with Gasteiger partial charge in [0.1, 0.15) is 0 Å². The summed E-state index contributed by atoms with van der Waals surface area (Å²) in [6.07, 6.45) is 1.55. The topological polar surface area (TPSA) is 85.8 Å². The van der Waals surface area contributed by atoms with Crippen LogP contribution in [0.15, 0.2) is 24.4 Å².